The van der Waals surface area contributed by atoms with Crippen LogP contribution < -0.4 is 0 Å². The number of para-hydroxylation sites is 1. The number of hydrogen-bond acceptors (Lipinski definition) is 1. The van der Waals surface area contributed by atoms with E-state index in [1.54, 1.807) is 78.9 Å². The summed E-state index contributed by atoms with van der Waals surface area (Å²) < 4.78 is 162. The molecule has 0 aliphatic carbocycles. The van der Waals surface area contributed by atoms with Gasteiger partial charge in [0.2, 0.25) is 0 Å². The van der Waals surface area contributed by atoms with Crippen LogP contribution in [0, 0.1) is 0 Å². The van der Waals surface area contributed by atoms with Gasteiger partial charge in [-0.2, -0.15) is 0 Å². The van der Waals surface area contributed by atoms with Crippen molar-refractivity contribution in [1.82, 2.24) is 0 Å². The van der Waals surface area contributed by atoms with E-state index in [1.165, 1.54) is 0 Å². The minimum Gasteiger partial charge on any atom is -0.455 e. The predicted octanol–water partition coefficient (Wildman–Crippen LogP) is 13.7. The molecule has 0 bridgehead atoms. The third-order valence-electron chi connectivity index (χ3n) is 8.78. The van der Waals surface area contributed by atoms with E-state index in [4.69, 9.17) is 18.1 Å². The molecular weight excluding hydrogens is 593 g/mol. The van der Waals surface area contributed by atoms with Crippen molar-refractivity contribution in [2.75, 3.05) is 0 Å². The molecule has 0 fully saturated rings. The SMILES string of the molecule is [2H]c1c([2H])c([2H])c2c(-c3c(-c4c([2H])c([2H])c5c([2H])c([2H])c6c([2H])c([2H])c([2H])c([2H])c6c5c4[2H])oc4c(-c5ccccc5)cccc34)c3c([2H])c([2H])c([2H])c([2H])c3c(-c3ccccc3)c2c1[2H]. The zero-order valence-electron chi connectivity index (χ0n) is 42.4. The van der Waals surface area contributed by atoms with Gasteiger partial charge in [0.05, 0.1) is 23.3 Å². The highest BCUT2D eigenvalue weighted by Gasteiger charge is 2.25. The fraction of sp³-hybridized carbons (Fsp3) is 0. The summed E-state index contributed by atoms with van der Waals surface area (Å²) in [4.78, 5) is 0. The molecule has 1 heteroatoms. The van der Waals surface area contributed by atoms with Crippen molar-refractivity contribution in [2.45, 2.75) is 0 Å². The Hall–Kier alpha value is -6.44. The van der Waals surface area contributed by atoms with Crippen molar-refractivity contribution >= 4 is 54.1 Å². The molecule has 1 nitrogen and oxygen atoms in total. The molecule has 0 atom stereocenters. The normalized spacial score (nSPS) is 16.5. The van der Waals surface area contributed by atoms with Crippen molar-refractivity contribution in [3.8, 4) is 44.7 Å². The Labute approximate surface area is 308 Å². The first-order valence-corrected chi connectivity index (χ1v) is 15.5. The van der Waals surface area contributed by atoms with E-state index in [-0.39, 0.29) is 71.1 Å². The van der Waals surface area contributed by atoms with Crippen molar-refractivity contribution < 1.29 is 27.7 Å². The molecule has 0 amide bonds. The van der Waals surface area contributed by atoms with E-state index in [2.05, 4.69) is 0 Å². The van der Waals surface area contributed by atoms with Crippen LogP contribution in [0.15, 0.2) is 186 Å². The second kappa shape index (κ2) is 11.1. The van der Waals surface area contributed by atoms with Gasteiger partial charge in [-0.1, -0.05) is 176 Å². The molecule has 10 aromatic rings. The highest BCUT2D eigenvalue weighted by molar-refractivity contribution is 6.25. The molecular formula is C48H30O. The highest BCUT2D eigenvalue weighted by Crippen LogP contribution is 2.51. The number of benzene rings is 9. The molecule has 10 rings (SSSR count). The summed E-state index contributed by atoms with van der Waals surface area (Å²) in [5.41, 5.74) is 1.08. The van der Waals surface area contributed by atoms with Crippen LogP contribution in [-0.4, -0.2) is 0 Å². The lowest BCUT2D eigenvalue weighted by Gasteiger charge is -2.18. The molecule has 0 N–H and O–H groups in total. The zero-order valence-corrected chi connectivity index (χ0v) is 25.4. The first-order chi connectivity index (χ1) is 31.4. The number of furan rings is 1. The number of hydrogen-bond donors (Lipinski definition) is 0. The first kappa shape index (κ1) is 15.6. The van der Waals surface area contributed by atoms with Crippen molar-refractivity contribution in [1.29, 1.82) is 0 Å². The van der Waals surface area contributed by atoms with Crippen molar-refractivity contribution in [2.24, 2.45) is 0 Å². The van der Waals surface area contributed by atoms with Gasteiger partial charge in [-0.25, -0.2) is 0 Å². The van der Waals surface area contributed by atoms with Crippen LogP contribution in [0.25, 0.3) is 98.8 Å². The fourth-order valence-electron chi connectivity index (χ4n) is 6.68. The molecule has 0 aliphatic rings. The second-order valence-electron chi connectivity index (χ2n) is 11.5. The van der Waals surface area contributed by atoms with E-state index in [0.29, 0.717) is 16.7 Å². The lowest BCUT2D eigenvalue weighted by molar-refractivity contribution is 0.633. The van der Waals surface area contributed by atoms with Crippen molar-refractivity contribution in [3.63, 3.8) is 0 Å². The number of fused-ring (bicyclic) bond motifs is 6. The van der Waals surface area contributed by atoms with Gasteiger partial charge in [0.25, 0.3) is 0 Å². The lowest BCUT2D eigenvalue weighted by Crippen LogP contribution is -1.91. The van der Waals surface area contributed by atoms with E-state index in [0.717, 1.165) is 0 Å². The summed E-state index contributed by atoms with van der Waals surface area (Å²) >= 11 is 0. The van der Waals surface area contributed by atoms with Crippen LogP contribution in [0.5, 0.6) is 0 Å². The van der Waals surface area contributed by atoms with Gasteiger partial charge in [0.1, 0.15) is 11.3 Å². The third-order valence-corrected chi connectivity index (χ3v) is 8.78. The van der Waals surface area contributed by atoms with Crippen molar-refractivity contribution in [3.05, 3.63) is 182 Å². The Morgan fingerprint density at radius 1 is 0.367 bits per heavy atom. The summed E-state index contributed by atoms with van der Waals surface area (Å²) in [5, 5.41) is -1.79. The van der Waals surface area contributed by atoms with Gasteiger partial charge >= 0.3 is 0 Å². The Balaban J connectivity index is 1.54. The van der Waals surface area contributed by atoms with E-state index >= 15 is 0 Å². The molecule has 0 saturated heterocycles. The van der Waals surface area contributed by atoms with Gasteiger partial charge in [-0.05, 0) is 65.8 Å². The zero-order chi connectivity index (χ0) is 47.1. The molecule has 49 heavy (non-hydrogen) atoms. The third kappa shape index (κ3) is 4.33. The van der Waals surface area contributed by atoms with Gasteiger partial charge in [0, 0.05) is 27.6 Å². The first-order valence-electron chi connectivity index (χ1n) is 24.0. The quantitative estimate of drug-likeness (QED) is 0.138. The standard InChI is InChI=1S/C48H30O/c1-3-14-31(15-4-1)37-24-13-25-42-46(47(49-48(37)42)35-29-28-33-27-26-32-16-7-8-19-36(32)43(33)30-35)45-40-22-11-9-20-38(40)44(34-17-5-2-6-18-34)39-21-10-12-23-41(39)45/h1-30H/i7D,8D,9D,10D,11D,12D,16D,19D,20D,21D,22D,23D,26D,27D,28D,29D,30D. The van der Waals surface area contributed by atoms with Crippen LogP contribution in [0.2, 0.25) is 0 Å². The maximum Gasteiger partial charge on any atom is 0.143 e. The van der Waals surface area contributed by atoms with E-state index in [1.807, 2.05) is 0 Å². The maximum atomic E-state index is 9.95. The molecule has 0 radical (unpaired) electrons. The Bertz CT molecular complexity index is 3750. The molecule has 0 unspecified atom stereocenters. The number of rotatable bonds is 4. The highest BCUT2D eigenvalue weighted by atomic mass is 16.3. The van der Waals surface area contributed by atoms with E-state index < -0.39 is 114 Å². The molecule has 9 aromatic carbocycles. The maximum absolute atomic E-state index is 9.95. The van der Waals surface area contributed by atoms with E-state index in [9.17, 15) is 9.60 Å². The average Bonchev–Trinajstić information content (AvgIpc) is 3.70. The van der Waals surface area contributed by atoms with Crippen LogP contribution >= 0.6 is 0 Å². The molecule has 0 spiro atoms. The lowest BCUT2D eigenvalue weighted by atomic mass is 9.84. The van der Waals surface area contributed by atoms with Crippen LogP contribution in [-0.2, 0) is 0 Å². The van der Waals surface area contributed by atoms with Crippen LogP contribution in [0.4, 0.5) is 0 Å². The molecule has 0 aliphatic heterocycles. The largest absolute Gasteiger partial charge is 0.455 e. The van der Waals surface area contributed by atoms with Crippen LogP contribution in [0.1, 0.15) is 23.3 Å². The monoisotopic (exact) mass is 639 g/mol. The topological polar surface area (TPSA) is 13.1 Å². The Morgan fingerprint density at radius 2 is 0.918 bits per heavy atom. The smallest absolute Gasteiger partial charge is 0.143 e. The molecule has 1 heterocycles. The minimum atomic E-state index is -0.704. The van der Waals surface area contributed by atoms with Gasteiger partial charge < -0.3 is 4.42 Å². The molecule has 1 aromatic heterocycles. The summed E-state index contributed by atoms with van der Waals surface area (Å²) in [6.07, 6.45) is 0. The predicted molar refractivity (Wildman–Crippen MR) is 208 cm³/mol. The summed E-state index contributed by atoms with van der Waals surface area (Å²) in [7, 11) is 0. The van der Waals surface area contributed by atoms with Gasteiger partial charge in [-0.15, -0.1) is 0 Å². The van der Waals surface area contributed by atoms with Gasteiger partial charge in [-0.3, -0.25) is 0 Å². The Kier molecular flexibility index (Phi) is 3.54. The molecule has 0 saturated carbocycles. The Morgan fingerprint density at radius 3 is 1.59 bits per heavy atom. The molecule has 228 valence electrons. The van der Waals surface area contributed by atoms with Gasteiger partial charge in [0.15, 0.2) is 0 Å². The average molecular weight is 640 g/mol. The summed E-state index contributed by atoms with van der Waals surface area (Å²) in [6, 6.07) is 11.7. The summed E-state index contributed by atoms with van der Waals surface area (Å²) in [5.74, 6) is -0.343. The fourth-order valence-corrected chi connectivity index (χ4v) is 6.68. The minimum absolute atomic E-state index is 0.0670. The summed E-state index contributed by atoms with van der Waals surface area (Å²) in [6.45, 7) is 0. The second-order valence-corrected chi connectivity index (χ2v) is 11.5. The van der Waals surface area contributed by atoms with Crippen LogP contribution in [0.3, 0.4) is 0 Å².